The zero-order valence-corrected chi connectivity index (χ0v) is 14.8. The minimum atomic E-state index is -3.17. The van der Waals surface area contributed by atoms with Crippen LogP contribution in [0.3, 0.4) is 0 Å². The van der Waals surface area contributed by atoms with Crippen molar-refractivity contribution in [2.75, 3.05) is 30.9 Å². The van der Waals surface area contributed by atoms with Crippen molar-refractivity contribution < 1.29 is 13.2 Å². The number of nitrogens with zero attached hydrogens (tertiary/aromatic N) is 4. The Balaban J connectivity index is 2.12. The van der Waals surface area contributed by atoms with Gasteiger partial charge in [0.25, 0.3) is 0 Å². The summed E-state index contributed by atoms with van der Waals surface area (Å²) >= 11 is 3.42. The van der Waals surface area contributed by atoms with Gasteiger partial charge in [-0.05, 0) is 22.9 Å². The lowest BCUT2D eigenvalue weighted by atomic mass is 10.2. The van der Waals surface area contributed by atoms with Crippen LogP contribution in [0.1, 0.15) is 12.6 Å². The lowest BCUT2D eigenvalue weighted by Crippen LogP contribution is -2.44. The molecule has 9 heteroatoms. The first-order valence-electron chi connectivity index (χ1n) is 6.90. The number of ether oxygens (including phenoxy) is 1. The van der Waals surface area contributed by atoms with E-state index in [-0.39, 0.29) is 11.8 Å². The summed E-state index contributed by atoms with van der Waals surface area (Å²) in [6.45, 7) is 4.06. The second-order valence-electron chi connectivity index (χ2n) is 5.52. The topological polar surface area (TPSA) is 76.8 Å². The van der Waals surface area contributed by atoms with Crippen LogP contribution in [0.25, 0.3) is 5.65 Å². The van der Waals surface area contributed by atoms with E-state index in [9.17, 15) is 8.42 Å². The maximum absolute atomic E-state index is 11.7. The van der Waals surface area contributed by atoms with Gasteiger partial charge in [0.05, 0.1) is 41.4 Å². The zero-order valence-electron chi connectivity index (χ0n) is 12.4. The smallest absolute Gasteiger partial charge is 0.171 e. The molecule has 3 rings (SSSR count). The summed E-state index contributed by atoms with van der Waals surface area (Å²) in [5.74, 6) is 0.675. The molecule has 1 fully saturated rings. The lowest BCUT2D eigenvalue weighted by Gasteiger charge is -2.34. The fourth-order valence-electron chi connectivity index (χ4n) is 2.57. The summed E-state index contributed by atoms with van der Waals surface area (Å²) in [6, 6.07) is 1.99. The molecule has 0 saturated carbocycles. The average Bonchev–Trinajstić information content (AvgIpc) is 2.80. The third-order valence-electron chi connectivity index (χ3n) is 3.56. The Kier molecular flexibility index (Phi) is 4.13. The van der Waals surface area contributed by atoms with E-state index in [0.29, 0.717) is 24.6 Å². The summed E-state index contributed by atoms with van der Waals surface area (Å²) in [6.07, 6.45) is 2.84. The molecule has 22 heavy (non-hydrogen) atoms. The molecule has 0 amide bonds. The molecule has 7 nitrogen and oxygen atoms in total. The Hall–Kier alpha value is -1.19. The molecule has 2 aromatic heterocycles. The van der Waals surface area contributed by atoms with Crippen molar-refractivity contribution in [2.45, 2.75) is 18.7 Å². The third-order valence-corrected chi connectivity index (χ3v) is 4.94. The molecule has 1 aliphatic heterocycles. The first kappa shape index (κ1) is 15.7. The summed E-state index contributed by atoms with van der Waals surface area (Å²) in [4.78, 5) is 6.76. The normalized spacial score (nSPS) is 19.8. The second-order valence-corrected chi connectivity index (χ2v) is 8.52. The van der Waals surface area contributed by atoms with Crippen molar-refractivity contribution in [3.05, 3.63) is 22.4 Å². The van der Waals surface area contributed by atoms with Gasteiger partial charge in [0.1, 0.15) is 5.82 Å². The first-order valence-corrected chi connectivity index (χ1v) is 9.76. The van der Waals surface area contributed by atoms with Crippen LogP contribution in [0.4, 0.5) is 5.82 Å². The Bertz CT molecular complexity index is 805. The lowest BCUT2D eigenvalue weighted by molar-refractivity contribution is 0.0985. The Morgan fingerprint density at radius 3 is 2.95 bits per heavy atom. The van der Waals surface area contributed by atoms with Crippen LogP contribution in [0.5, 0.6) is 0 Å². The Labute approximate surface area is 137 Å². The van der Waals surface area contributed by atoms with Crippen LogP contribution >= 0.6 is 15.9 Å². The van der Waals surface area contributed by atoms with Gasteiger partial charge in [-0.25, -0.2) is 17.9 Å². The molecular formula is C13H17BrN4O3S. The number of hydrogen-bond donors (Lipinski definition) is 0. The van der Waals surface area contributed by atoms with E-state index in [2.05, 4.69) is 37.8 Å². The van der Waals surface area contributed by atoms with Crippen LogP contribution in [0.2, 0.25) is 0 Å². The molecule has 2 aromatic rings. The molecule has 0 N–H and O–H groups in total. The van der Waals surface area contributed by atoms with Crippen LogP contribution in [-0.4, -0.2) is 55.1 Å². The number of rotatable bonds is 3. The van der Waals surface area contributed by atoms with Gasteiger partial charge in [0.15, 0.2) is 15.5 Å². The van der Waals surface area contributed by atoms with Gasteiger partial charge in [-0.2, -0.15) is 5.10 Å². The Morgan fingerprint density at radius 1 is 1.50 bits per heavy atom. The predicted octanol–water partition coefficient (Wildman–Crippen LogP) is 1.26. The summed E-state index contributed by atoms with van der Waals surface area (Å²) in [7, 11) is -3.17. The monoisotopic (exact) mass is 388 g/mol. The number of aromatic nitrogens is 3. The fourth-order valence-corrected chi connectivity index (χ4v) is 3.66. The van der Waals surface area contributed by atoms with Crippen molar-refractivity contribution >= 4 is 37.2 Å². The number of morpholine rings is 1. The molecule has 0 aromatic carbocycles. The molecular weight excluding hydrogens is 372 g/mol. The predicted molar refractivity (Wildman–Crippen MR) is 86.9 cm³/mol. The van der Waals surface area contributed by atoms with Gasteiger partial charge < -0.3 is 9.64 Å². The van der Waals surface area contributed by atoms with Crippen LogP contribution in [0.15, 0.2) is 16.7 Å². The molecule has 1 saturated heterocycles. The highest BCUT2D eigenvalue weighted by molar-refractivity contribution is 9.10. The minimum absolute atomic E-state index is 0.0775. The molecule has 3 heterocycles. The first-order chi connectivity index (χ1) is 10.3. The summed E-state index contributed by atoms with van der Waals surface area (Å²) in [5, 5.41) is 4.21. The number of fused-ring (bicyclic) bond motifs is 1. The minimum Gasteiger partial charge on any atom is -0.377 e. The van der Waals surface area contributed by atoms with Crippen molar-refractivity contribution in [3.63, 3.8) is 0 Å². The van der Waals surface area contributed by atoms with Gasteiger partial charge in [-0.15, -0.1) is 0 Å². The second kappa shape index (κ2) is 5.78. The number of halogens is 1. The molecule has 1 atom stereocenters. The van der Waals surface area contributed by atoms with Gasteiger partial charge in [0.2, 0.25) is 0 Å². The van der Waals surface area contributed by atoms with Crippen molar-refractivity contribution in [1.82, 2.24) is 14.6 Å². The van der Waals surface area contributed by atoms with E-state index in [4.69, 9.17) is 4.74 Å². The molecule has 0 radical (unpaired) electrons. The largest absolute Gasteiger partial charge is 0.377 e. The van der Waals surface area contributed by atoms with Gasteiger partial charge >= 0.3 is 0 Å². The maximum atomic E-state index is 11.7. The Morgan fingerprint density at radius 2 is 2.27 bits per heavy atom. The van der Waals surface area contributed by atoms with E-state index in [1.807, 2.05) is 0 Å². The highest BCUT2D eigenvalue weighted by Gasteiger charge is 2.23. The molecule has 0 aliphatic carbocycles. The highest BCUT2D eigenvalue weighted by Crippen LogP contribution is 2.24. The fraction of sp³-hybridized carbons (Fsp3) is 0.538. The van der Waals surface area contributed by atoms with E-state index < -0.39 is 9.84 Å². The van der Waals surface area contributed by atoms with Gasteiger partial charge in [0, 0.05) is 18.9 Å². The molecule has 1 aliphatic rings. The molecule has 120 valence electrons. The molecule has 0 spiro atoms. The number of hydrogen-bond acceptors (Lipinski definition) is 6. The SMILES string of the molecule is CC1COCCN1c1cc(CS(C)(=O)=O)n2ncc(Br)c2n1. The van der Waals surface area contributed by atoms with E-state index >= 15 is 0 Å². The third kappa shape index (κ3) is 3.11. The molecule has 1 unspecified atom stereocenters. The number of anilines is 1. The molecule has 0 bridgehead atoms. The van der Waals surface area contributed by atoms with E-state index in [0.717, 1.165) is 16.8 Å². The van der Waals surface area contributed by atoms with Crippen molar-refractivity contribution in [3.8, 4) is 0 Å². The van der Waals surface area contributed by atoms with E-state index in [1.165, 1.54) is 6.26 Å². The highest BCUT2D eigenvalue weighted by atomic mass is 79.9. The maximum Gasteiger partial charge on any atom is 0.171 e. The van der Waals surface area contributed by atoms with Crippen LogP contribution in [0, 0.1) is 0 Å². The summed E-state index contributed by atoms with van der Waals surface area (Å²) < 4.78 is 31.2. The quantitative estimate of drug-likeness (QED) is 0.787. The zero-order chi connectivity index (χ0) is 15.9. The van der Waals surface area contributed by atoms with Gasteiger partial charge in [-0.3, -0.25) is 0 Å². The number of sulfone groups is 1. The van der Waals surface area contributed by atoms with Crippen molar-refractivity contribution in [2.24, 2.45) is 0 Å². The van der Waals surface area contributed by atoms with Crippen molar-refractivity contribution in [1.29, 1.82) is 0 Å². The van der Waals surface area contributed by atoms with Gasteiger partial charge in [-0.1, -0.05) is 0 Å². The van der Waals surface area contributed by atoms with Crippen LogP contribution in [-0.2, 0) is 20.3 Å². The standard InChI is InChI=1S/C13H17BrN4O3S/c1-9-7-21-4-3-17(9)12-5-10(8-22(2,19)20)18-13(16-12)11(14)6-15-18/h5-6,9H,3-4,7-8H2,1-2H3. The van der Waals surface area contributed by atoms with E-state index in [1.54, 1.807) is 16.8 Å². The van der Waals surface area contributed by atoms with Crippen LogP contribution < -0.4 is 4.90 Å². The summed E-state index contributed by atoms with van der Waals surface area (Å²) in [5.41, 5.74) is 1.22. The average molecular weight is 389 g/mol.